The molecule has 27 heavy (non-hydrogen) atoms. The predicted molar refractivity (Wildman–Crippen MR) is 110 cm³/mol. The molecule has 0 radical (unpaired) electrons. The van der Waals surface area contributed by atoms with E-state index in [1.54, 1.807) is 32.0 Å². The molecule has 0 bridgehead atoms. The molecule has 2 aromatic rings. The molecule has 0 spiro atoms. The summed E-state index contributed by atoms with van der Waals surface area (Å²) in [7, 11) is -0.139. The quantitative estimate of drug-likeness (QED) is 0.788. The maximum atomic E-state index is 12.6. The fraction of sp³-hybridized carbons (Fsp3) is 0.350. The summed E-state index contributed by atoms with van der Waals surface area (Å²) >= 11 is 0. The van der Waals surface area contributed by atoms with Crippen LogP contribution in [-0.4, -0.2) is 45.3 Å². The van der Waals surface area contributed by atoms with Gasteiger partial charge < -0.3 is 10.2 Å². The highest BCUT2D eigenvalue weighted by Gasteiger charge is 2.24. The molecule has 146 valence electrons. The zero-order valence-corrected chi connectivity index (χ0v) is 17.2. The molecule has 0 fully saturated rings. The summed E-state index contributed by atoms with van der Waals surface area (Å²) in [5.41, 5.74) is 1.94. The Morgan fingerprint density at radius 1 is 1.07 bits per heavy atom. The molecule has 1 N–H and O–H groups in total. The third-order valence-corrected chi connectivity index (χ3v) is 6.55. The van der Waals surface area contributed by atoms with Gasteiger partial charge in [0.25, 0.3) is 5.91 Å². The maximum Gasteiger partial charge on any atom is 0.255 e. The van der Waals surface area contributed by atoms with E-state index in [4.69, 9.17) is 0 Å². The van der Waals surface area contributed by atoms with Crippen LogP contribution in [0.4, 0.5) is 11.4 Å². The van der Waals surface area contributed by atoms with Crippen LogP contribution in [0.3, 0.4) is 0 Å². The fourth-order valence-electron chi connectivity index (χ4n) is 2.45. The minimum absolute atomic E-state index is 0.103. The average molecular weight is 390 g/mol. The minimum Gasteiger partial charge on any atom is -0.375 e. The number of hydrogen-bond donors (Lipinski definition) is 1. The Labute approximate surface area is 161 Å². The van der Waals surface area contributed by atoms with Crippen LogP contribution in [0.5, 0.6) is 0 Å². The van der Waals surface area contributed by atoms with Crippen molar-refractivity contribution in [3.63, 3.8) is 0 Å². The summed E-state index contributed by atoms with van der Waals surface area (Å²) in [6.07, 6.45) is 0. The minimum atomic E-state index is -3.64. The molecule has 0 saturated heterocycles. The topological polar surface area (TPSA) is 69.7 Å². The van der Waals surface area contributed by atoms with Gasteiger partial charge in [-0.25, -0.2) is 8.42 Å². The van der Waals surface area contributed by atoms with E-state index < -0.39 is 10.0 Å². The molecule has 2 rings (SSSR count). The van der Waals surface area contributed by atoms with Gasteiger partial charge in [-0.15, -0.1) is 0 Å². The molecule has 7 heteroatoms. The summed E-state index contributed by atoms with van der Waals surface area (Å²) < 4.78 is 26.6. The molecular formula is C20H27N3O3S. The van der Waals surface area contributed by atoms with Crippen LogP contribution >= 0.6 is 0 Å². The Balaban J connectivity index is 2.26. The lowest BCUT2D eigenvalue weighted by Crippen LogP contribution is -2.33. The van der Waals surface area contributed by atoms with Crippen molar-refractivity contribution in [2.75, 3.05) is 30.9 Å². The summed E-state index contributed by atoms with van der Waals surface area (Å²) in [5, 5.41) is 2.83. The third kappa shape index (κ3) is 4.87. The average Bonchev–Trinajstić information content (AvgIpc) is 2.66. The Bertz CT molecular complexity index is 910. The molecule has 0 atom stereocenters. The van der Waals surface area contributed by atoms with Gasteiger partial charge in [0.05, 0.1) is 4.90 Å². The lowest BCUT2D eigenvalue weighted by atomic mass is 10.2. The second kappa shape index (κ2) is 8.54. The van der Waals surface area contributed by atoms with Crippen LogP contribution in [0, 0.1) is 0 Å². The molecule has 0 aromatic heterocycles. The van der Waals surface area contributed by atoms with Gasteiger partial charge in [0.2, 0.25) is 10.0 Å². The smallest absolute Gasteiger partial charge is 0.255 e. The molecule has 2 aromatic carbocycles. The molecule has 6 nitrogen and oxygen atoms in total. The van der Waals surface area contributed by atoms with E-state index in [2.05, 4.69) is 10.2 Å². The van der Waals surface area contributed by atoms with Gasteiger partial charge in [0, 0.05) is 43.6 Å². The molecule has 0 aliphatic carbocycles. The second-order valence-electron chi connectivity index (χ2n) is 6.66. The standard InChI is InChI=1S/C20H27N3O3S/c1-6-22(4)18-11-8-10-17(14-18)21-20(24)16-9-7-12-19(13-16)27(25,26)23(5)15(2)3/h7-15H,6H2,1-5H3,(H,21,24). The highest BCUT2D eigenvalue weighted by atomic mass is 32.2. The molecule has 0 aliphatic rings. The van der Waals surface area contributed by atoms with Crippen molar-refractivity contribution < 1.29 is 13.2 Å². The molecular weight excluding hydrogens is 362 g/mol. The number of carbonyl (C=O) groups is 1. The van der Waals surface area contributed by atoms with Gasteiger partial charge in [0.15, 0.2) is 0 Å². The largest absolute Gasteiger partial charge is 0.375 e. The first kappa shape index (κ1) is 20.9. The van der Waals surface area contributed by atoms with Crippen molar-refractivity contribution >= 4 is 27.3 Å². The van der Waals surface area contributed by atoms with Crippen LogP contribution < -0.4 is 10.2 Å². The van der Waals surface area contributed by atoms with Crippen molar-refractivity contribution in [2.45, 2.75) is 31.7 Å². The van der Waals surface area contributed by atoms with Gasteiger partial charge in [-0.3, -0.25) is 4.79 Å². The van der Waals surface area contributed by atoms with E-state index >= 15 is 0 Å². The van der Waals surface area contributed by atoms with E-state index in [9.17, 15) is 13.2 Å². The Hall–Kier alpha value is -2.38. The van der Waals surface area contributed by atoms with E-state index in [-0.39, 0.29) is 16.8 Å². The number of rotatable bonds is 7. The molecule has 0 aliphatic heterocycles. The van der Waals surface area contributed by atoms with Gasteiger partial charge in [-0.1, -0.05) is 12.1 Å². The van der Waals surface area contributed by atoms with Crippen molar-refractivity contribution in [1.29, 1.82) is 0 Å². The van der Waals surface area contributed by atoms with Gasteiger partial charge >= 0.3 is 0 Å². The molecule has 1 amide bonds. The summed E-state index contributed by atoms with van der Waals surface area (Å²) in [6, 6.07) is 13.4. The van der Waals surface area contributed by atoms with Crippen LogP contribution in [0.25, 0.3) is 0 Å². The van der Waals surface area contributed by atoms with Crippen molar-refractivity contribution in [3.8, 4) is 0 Å². The highest BCUT2D eigenvalue weighted by molar-refractivity contribution is 7.89. The molecule has 0 unspecified atom stereocenters. The van der Waals surface area contributed by atoms with Crippen LogP contribution in [-0.2, 0) is 10.0 Å². The SMILES string of the molecule is CCN(C)c1cccc(NC(=O)c2cccc(S(=O)(=O)N(C)C(C)C)c2)c1. The van der Waals surface area contributed by atoms with Gasteiger partial charge in [-0.05, 0) is 57.2 Å². The van der Waals surface area contributed by atoms with E-state index in [1.807, 2.05) is 32.2 Å². The number of hydrogen-bond acceptors (Lipinski definition) is 4. The van der Waals surface area contributed by atoms with Gasteiger partial charge in [0.1, 0.15) is 0 Å². The van der Waals surface area contributed by atoms with Crippen LogP contribution in [0.1, 0.15) is 31.1 Å². The first-order chi connectivity index (χ1) is 12.7. The lowest BCUT2D eigenvalue weighted by molar-refractivity contribution is 0.102. The van der Waals surface area contributed by atoms with Crippen molar-refractivity contribution in [2.24, 2.45) is 0 Å². The van der Waals surface area contributed by atoms with Crippen molar-refractivity contribution in [3.05, 3.63) is 54.1 Å². The number of carbonyl (C=O) groups excluding carboxylic acids is 1. The Morgan fingerprint density at radius 3 is 2.37 bits per heavy atom. The monoisotopic (exact) mass is 389 g/mol. The Kier molecular flexibility index (Phi) is 6.62. The number of amides is 1. The van der Waals surface area contributed by atoms with Gasteiger partial charge in [-0.2, -0.15) is 4.31 Å². The zero-order valence-electron chi connectivity index (χ0n) is 16.4. The normalized spacial score (nSPS) is 11.7. The summed E-state index contributed by atoms with van der Waals surface area (Å²) in [5.74, 6) is -0.351. The van der Waals surface area contributed by atoms with Crippen LogP contribution in [0.15, 0.2) is 53.4 Å². The first-order valence-corrected chi connectivity index (χ1v) is 10.3. The zero-order chi connectivity index (χ0) is 20.2. The van der Waals surface area contributed by atoms with E-state index in [0.29, 0.717) is 11.3 Å². The lowest BCUT2D eigenvalue weighted by Gasteiger charge is -2.21. The maximum absolute atomic E-state index is 12.6. The number of nitrogens with one attached hydrogen (secondary N) is 1. The predicted octanol–water partition coefficient (Wildman–Crippen LogP) is 3.42. The molecule has 0 saturated carbocycles. The van der Waals surface area contributed by atoms with Crippen molar-refractivity contribution in [1.82, 2.24) is 4.31 Å². The number of nitrogens with zero attached hydrogens (tertiary/aromatic N) is 2. The summed E-state index contributed by atoms with van der Waals surface area (Å²) in [6.45, 7) is 6.49. The van der Waals surface area contributed by atoms with E-state index in [1.165, 1.54) is 23.5 Å². The number of sulfonamides is 1. The first-order valence-electron chi connectivity index (χ1n) is 8.87. The number of anilines is 2. The van der Waals surface area contributed by atoms with E-state index in [0.717, 1.165) is 12.2 Å². The third-order valence-electron chi connectivity index (χ3n) is 4.52. The fourth-order valence-corrected chi connectivity index (χ4v) is 3.86. The number of benzene rings is 2. The Morgan fingerprint density at radius 2 is 1.74 bits per heavy atom. The van der Waals surface area contributed by atoms with Crippen LogP contribution in [0.2, 0.25) is 0 Å². The molecule has 0 heterocycles. The second-order valence-corrected chi connectivity index (χ2v) is 8.66. The highest BCUT2D eigenvalue weighted by Crippen LogP contribution is 2.21. The summed E-state index contributed by atoms with van der Waals surface area (Å²) in [4.78, 5) is 14.8.